The number of aryl methyl sites for hydroxylation is 2. The van der Waals surface area contributed by atoms with Crippen molar-refractivity contribution in [3.8, 4) is 5.88 Å². The van der Waals surface area contributed by atoms with Crippen LogP contribution in [0.3, 0.4) is 0 Å². The van der Waals surface area contributed by atoms with Crippen LogP contribution < -0.4 is 16.2 Å². The molecular formula is C30H46N6O5. The molecule has 0 amide bonds. The van der Waals surface area contributed by atoms with Crippen LogP contribution >= 0.6 is 0 Å². The van der Waals surface area contributed by atoms with Gasteiger partial charge in [0.1, 0.15) is 11.9 Å². The zero-order valence-electron chi connectivity index (χ0n) is 25.3. The fraction of sp³-hybridized carbons (Fsp3) is 0.700. The van der Waals surface area contributed by atoms with Gasteiger partial charge in [-0.05, 0) is 65.5 Å². The molecule has 1 saturated carbocycles. The molecule has 3 atom stereocenters. The van der Waals surface area contributed by atoms with Gasteiger partial charge < -0.3 is 15.2 Å². The van der Waals surface area contributed by atoms with Crippen molar-refractivity contribution in [1.29, 1.82) is 0 Å². The second kappa shape index (κ2) is 13.7. The number of hydrogen-bond donors (Lipinski definition) is 1. The summed E-state index contributed by atoms with van der Waals surface area (Å²) >= 11 is 0. The number of hydrogen-bond acceptors (Lipinski definition) is 9. The van der Waals surface area contributed by atoms with Crippen LogP contribution in [0.2, 0.25) is 0 Å². The summed E-state index contributed by atoms with van der Waals surface area (Å²) in [5.41, 5.74) is 7.69. The Bertz CT molecular complexity index is 1330. The maximum absolute atomic E-state index is 13.8. The van der Waals surface area contributed by atoms with E-state index in [-0.39, 0.29) is 35.3 Å². The number of ether oxygens (including phenoxy) is 2. The van der Waals surface area contributed by atoms with Crippen molar-refractivity contribution in [2.24, 2.45) is 25.7 Å². The van der Waals surface area contributed by atoms with Gasteiger partial charge in [-0.1, -0.05) is 19.8 Å². The molecule has 1 aliphatic carbocycles. The number of fused-ring (bicyclic) bond motifs is 1. The summed E-state index contributed by atoms with van der Waals surface area (Å²) < 4.78 is 14.1. The summed E-state index contributed by atoms with van der Waals surface area (Å²) in [5.74, 6) is -0.635. The lowest BCUT2D eigenvalue weighted by Crippen LogP contribution is -2.38. The van der Waals surface area contributed by atoms with Crippen molar-refractivity contribution < 1.29 is 19.1 Å². The standard InChI is InChI=1S/C26H38N6O4.C4H8O/c1-6-10-17(20(27)16-11-7-8-13-19(16)33)22(34)23-28-24-21(31(4)26(35)32(24)5)25(29-23)36-15(2)18-12-9-14-30(18)3;1-2-4-5-3-1/h15-16,18H,6-14,27H2,1-5H3;1-4H2/b20-17-;/t15-,16-,18-;/m0./s1. The lowest BCUT2D eigenvalue weighted by molar-refractivity contribution is -0.123. The second-order valence-corrected chi connectivity index (χ2v) is 11.5. The van der Waals surface area contributed by atoms with Crippen molar-refractivity contribution in [1.82, 2.24) is 24.0 Å². The van der Waals surface area contributed by atoms with E-state index in [1.54, 1.807) is 14.1 Å². The number of nitrogens with two attached hydrogens (primary N) is 1. The minimum Gasteiger partial charge on any atom is -0.471 e. The van der Waals surface area contributed by atoms with E-state index in [0.29, 0.717) is 48.1 Å². The van der Waals surface area contributed by atoms with E-state index in [0.717, 1.165) is 45.4 Å². The maximum Gasteiger partial charge on any atom is 0.329 e. The summed E-state index contributed by atoms with van der Waals surface area (Å²) in [6.07, 6.45) is 8.45. The Morgan fingerprint density at radius 3 is 2.37 bits per heavy atom. The molecule has 0 radical (unpaired) electrons. The Hall–Kier alpha value is -3.05. The van der Waals surface area contributed by atoms with Crippen LogP contribution in [0.1, 0.15) is 88.7 Å². The normalized spacial score (nSPS) is 22.8. The highest BCUT2D eigenvalue weighted by molar-refractivity contribution is 6.08. The van der Waals surface area contributed by atoms with Crippen molar-refractivity contribution in [3.63, 3.8) is 0 Å². The van der Waals surface area contributed by atoms with E-state index in [1.807, 2.05) is 13.8 Å². The first-order valence-electron chi connectivity index (χ1n) is 15.1. The van der Waals surface area contributed by atoms with Gasteiger partial charge in [-0.25, -0.2) is 9.78 Å². The fourth-order valence-corrected chi connectivity index (χ4v) is 6.14. The number of nitrogens with zero attached hydrogens (tertiary/aromatic N) is 5. The minimum absolute atomic E-state index is 0.0691. The van der Waals surface area contributed by atoms with E-state index < -0.39 is 11.7 Å². The third kappa shape index (κ3) is 6.72. The molecule has 0 unspecified atom stereocenters. The number of Topliss-reactive ketones (excluding diaryl/α,β-unsaturated/α-hetero) is 2. The van der Waals surface area contributed by atoms with Crippen LogP contribution in [0.5, 0.6) is 5.88 Å². The molecular weight excluding hydrogens is 524 g/mol. The predicted octanol–water partition coefficient (Wildman–Crippen LogP) is 3.28. The zero-order chi connectivity index (χ0) is 29.7. The van der Waals surface area contributed by atoms with Gasteiger partial charge in [0, 0.05) is 51.0 Å². The van der Waals surface area contributed by atoms with Crippen LogP contribution in [0.25, 0.3) is 11.2 Å². The van der Waals surface area contributed by atoms with Gasteiger partial charge in [-0.3, -0.25) is 23.6 Å². The van der Waals surface area contributed by atoms with E-state index in [4.69, 9.17) is 15.2 Å². The molecule has 2 saturated heterocycles. The summed E-state index contributed by atoms with van der Waals surface area (Å²) in [4.78, 5) is 50.4. The van der Waals surface area contributed by atoms with Gasteiger partial charge in [0.2, 0.25) is 17.5 Å². The second-order valence-electron chi connectivity index (χ2n) is 11.5. The Morgan fingerprint density at radius 1 is 1.05 bits per heavy atom. The molecule has 2 N–H and O–H groups in total. The van der Waals surface area contributed by atoms with Gasteiger partial charge in [0.05, 0.1) is 5.92 Å². The highest BCUT2D eigenvalue weighted by Crippen LogP contribution is 2.30. The molecule has 4 heterocycles. The smallest absolute Gasteiger partial charge is 0.329 e. The lowest BCUT2D eigenvalue weighted by Gasteiger charge is -2.26. The van der Waals surface area contributed by atoms with Crippen LogP contribution in [-0.4, -0.2) is 74.5 Å². The molecule has 11 heteroatoms. The minimum atomic E-state index is -0.442. The van der Waals surface area contributed by atoms with Crippen molar-refractivity contribution in [2.75, 3.05) is 26.8 Å². The zero-order valence-corrected chi connectivity index (χ0v) is 25.3. The molecule has 5 rings (SSSR count). The number of ketones is 2. The first kappa shape index (κ1) is 30.9. The molecule has 11 nitrogen and oxygen atoms in total. The van der Waals surface area contributed by atoms with Crippen molar-refractivity contribution in [3.05, 3.63) is 27.6 Å². The van der Waals surface area contributed by atoms with Crippen molar-refractivity contribution >= 4 is 22.7 Å². The number of likely N-dealkylation sites (N-methyl/N-ethyl adjacent to an activating group) is 1. The molecule has 226 valence electrons. The molecule has 2 aromatic heterocycles. The Morgan fingerprint density at radius 2 is 1.78 bits per heavy atom. The van der Waals surface area contributed by atoms with Gasteiger partial charge in [0.15, 0.2) is 11.2 Å². The van der Waals surface area contributed by atoms with Gasteiger partial charge in [0.25, 0.3) is 0 Å². The average molecular weight is 571 g/mol. The largest absolute Gasteiger partial charge is 0.471 e. The first-order valence-corrected chi connectivity index (χ1v) is 15.1. The average Bonchev–Trinajstić information content (AvgIpc) is 3.72. The van der Waals surface area contributed by atoms with Crippen LogP contribution in [-0.2, 0) is 23.6 Å². The van der Waals surface area contributed by atoms with Gasteiger partial charge in [-0.15, -0.1) is 0 Å². The topological polar surface area (TPSA) is 135 Å². The highest BCUT2D eigenvalue weighted by Gasteiger charge is 2.32. The summed E-state index contributed by atoms with van der Waals surface area (Å²) in [6, 6.07) is 0.207. The number of rotatable bonds is 8. The number of carbonyl (C=O) groups is 2. The quantitative estimate of drug-likeness (QED) is 0.375. The lowest BCUT2D eigenvalue weighted by atomic mass is 9.83. The maximum atomic E-state index is 13.8. The molecule has 0 aromatic carbocycles. The summed E-state index contributed by atoms with van der Waals surface area (Å²) in [7, 11) is 5.32. The molecule has 3 aliphatic rings. The molecule has 0 spiro atoms. The Balaban J connectivity index is 0.000000699. The molecule has 2 aromatic rings. The molecule has 41 heavy (non-hydrogen) atoms. The van der Waals surface area contributed by atoms with Crippen LogP contribution in [0, 0.1) is 5.92 Å². The van der Waals surface area contributed by atoms with Gasteiger partial charge >= 0.3 is 5.69 Å². The van der Waals surface area contributed by atoms with Crippen molar-refractivity contribution in [2.45, 2.75) is 90.2 Å². The fourth-order valence-electron chi connectivity index (χ4n) is 6.14. The number of aromatic nitrogens is 4. The number of carbonyl (C=O) groups excluding carboxylic acids is 2. The van der Waals surface area contributed by atoms with E-state index in [9.17, 15) is 14.4 Å². The molecule has 3 fully saturated rings. The van der Waals surface area contributed by atoms with Gasteiger partial charge in [-0.2, -0.15) is 4.98 Å². The highest BCUT2D eigenvalue weighted by atomic mass is 16.5. The summed E-state index contributed by atoms with van der Waals surface area (Å²) in [5, 5.41) is 0. The Kier molecular flexibility index (Phi) is 10.4. The van der Waals surface area contributed by atoms with E-state index in [2.05, 4.69) is 21.9 Å². The number of likely N-dealkylation sites (tertiary alicyclic amines) is 1. The Labute approximate surface area is 242 Å². The number of imidazole rings is 1. The third-order valence-electron chi connectivity index (χ3n) is 8.56. The predicted molar refractivity (Wildman–Crippen MR) is 157 cm³/mol. The number of allylic oxidation sites excluding steroid dienone is 2. The SMILES string of the molecule is C1CCOC1.CCC/C(C(=O)c1nc(O[C@@H](C)[C@@H]2CCCN2C)c2c(n1)n(C)c(=O)n2C)=C(/N)[C@H]1CCCCC1=O. The molecule has 2 aliphatic heterocycles. The monoisotopic (exact) mass is 570 g/mol. The first-order chi connectivity index (χ1) is 19.6. The van der Waals surface area contributed by atoms with E-state index in [1.165, 1.54) is 22.0 Å². The summed E-state index contributed by atoms with van der Waals surface area (Å²) in [6.45, 7) is 6.94. The van der Waals surface area contributed by atoms with Crippen LogP contribution in [0.4, 0.5) is 0 Å². The van der Waals surface area contributed by atoms with Crippen LogP contribution in [0.15, 0.2) is 16.1 Å². The molecule has 0 bridgehead atoms. The third-order valence-corrected chi connectivity index (χ3v) is 8.56. The van der Waals surface area contributed by atoms with E-state index >= 15 is 0 Å².